The number of piperidine rings is 1. The van der Waals surface area contributed by atoms with E-state index < -0.39 is 17.5 Å². The molecule has 0 unspecified atom stereocenters. The van der Waals surface area contributed by atoms with Crippen molar-refractivity contribution in [2.24, 2.45) is 11.7 Å². The number of fused-ring (bicyclic) bond motifs is 5. The Hall–Kier alpha value is -5.32. The number of ether oxygens (including phenoxy) is 1. The second-order valence-corrected chi connectivity index (χ2v) is 17.9. The van der Waals surface area contributed by atoms with E-state index >= 15 is 4.39 Å². The van der Waals surface area contributed by atoms with Gasteiger partial charge in [0.2, 0.25) is 5.91 Å². The van der Waals surface area contributed by atoms with Crippen LogP contribution >= 0.6 is 0 Å². The van der Waals surface area contributed by atoms with E-state index in [0.29, 0.717) is 35.3 Å². The number of aromatic nitrogens is 4. The number of hydrogen-bond acceptors (Lipinski definition) is 12. The molecule has 7 heterocycles. The molecule has 0 bridgehead atoms. The predicted octanol–water partition coefficient (Wildman–Crippen LogP) is 4.00. The SMILES string of the molecule is CC[C@@]1(O)C(=O)OCc2c1cc1n(c2=O)Cc2c-1nc1cc(F)c(C)c3c1c2[C@@H](NC(=O)CN1CCN(CCCCCCC2CCN(c4ccc(C(N)=O)nn4)CC2)CC1)CC3. The number of primary amides is 1. The molecule has 0 spiro atoms. The van der Waals surface area contributed by atoms with Crippen LogP contribution in [0.4, 0.5) is 10.2 Å². The van der Waals surface area contributed by atoms with Crippen LogP contribution in [0.15, 0.2) is 29.1 Å². The quantitative estimate of drug-likeness (QED) is 0.114. The second-order valence-electron chi connectivity index (χ2n) is 17.9. The zero-order valence-electron chi connectivity index (χ0n) is 35.7. The van der Waals surface area contributed by atoms with Gasteiger partial charge in [0.15, 0.2) is 17.1 Å². The fraction of sp³-hybridized carbons (Fsp3) is 0.543. The molecule has 62 heavy (non-hydrogen) atoms. The summed E-state index contributed by atoms with van der Waals surface area (Å²) in [7, 11) is 0. The van der Waals surface area contributed by atoms with E-state index in [2.05, 4.69) is 30.2 Å². The molecule has 5 aliphatic rings. The Bertz CT molecular complexity index is 2480. The molecule has 3 aromatic heterocycles. The normalized spacial score (nSPS) is 21.4. The van der Waals surface area contributed by atoms with Crippen LogP contribution in [0.1, 0.15) is 115 Å². The third kappa shape index (κ3) is 7.74. The number of piperazine rings is 1. The number of hydrogen-bond donors (Lipinski definition) is 3. The number of halogens is 1. The smallest absolute Gasteiger partial charge is 0.343 e. The highest BCUT2D eigenvalue weighted by Crippen LogP contribution is 2.46. The van der Waals surface area contributed by atoms with Gasteiger partial charge >= 0.3 is 5.97 Å². The van der Waals surface area contributed by atoms with Gasteiger partial charge in [0.25, 0.3) is 11.5 Å². The van der Waals surface area contributed by atoms with E-state index in [1.807, 2.05) is 6.07 Å². The van der Waals surface area contributed by atoms with Crippen LogP contribution in [-0.4, -0.2) is 105 Å². The Balaban J connectivity index is 0.773. The zero-order chi connectivity index (χ0) is 43.3. The lowest BCUT2D eigenvalue weighted by Gasteiger charge is -2.35. The molecule has 15 nitrogen and oxygen atoms in total. The Morgan fingerprint density at radius 3 is 2.45 bits per heavy atom. The topological polar surface area (TPSA) is 189 Å². The molecule has 9 rings (SSSR count). The van der Waals surface area contributed by atoms with Gasteiger partial charge in [0, 0.05) is 61.8 Å². The highest BCUT2D eigenvalue weighted by molar-refractivity contribution is 5.94. The number of nitrogens with one attached hydrogen (secondary N) is 1. The standard InChI is InChI=1S/C46H56FN9O6/c1-3-46(61)32-22-37-42-30(24-56(37)44(59)31(32)26-62-45(46)60)41-34(10-9-29-27(2)33(47)23-36(50-42)40(29)41)49-39(57)25-54-20-18-53(19-21-54)15-7-5-4-6-8-28-13-16-55(17-14-28)38-12-11-35(43(48)58)51-52-38/h11-12,22-23,28,34,61H,3-10,13-21,24-26H2,1-2H3,(H2,48,58)(H,49,57)/t34-,46-/m0/s1. The summed E-state index contributed by atoms with van der Waals surface area (Å²) in [6.07, 6.45) is 9.56. The maximum Gasteiger partial charge on any atom is 0.343 e. The van der Waals surface area contributed by atoms with Crippen LogP contribution in [0.2, 0.25) is 0 Å². The third-order valence-corrected chi connectivity index (χ3v) is 14.2. The summed E-state index contributed by atoms with van der Waals surface area (Å²) in [5.74, 6) is -0.259. The van der Waals surface area contributed by atoms with Crippen LogP contribution in [0.5, 0.6) is 0 Å². The molecule has 16 heteroatoms. The van der Waals surface area contributed by atoms with Crippen LogP contribution in [0, 0.1) is 18.7 Å². The molecule has 0 radical (unpaired) electrons. The van der Waals surface area contributed by atoms with Crippen LogP contribution < -0.4 is 21.5 Å². The number of carbonyl (C=O) groups is 3. The van der Waals surface area contributed by atoms with E-state index in [4.69, 9.17) is 15.5 Å². The van der Waals surface area contributed by atoms with Crippen LogP contribution in [0.3, 0.4) is 0 Å². The molecule has 2 saturated heterocycles. The van der Waals surface area contributed by atoms with Crippen molar-refractivity contribution in [2.75, 3.05) is 57.3 Å². The molecule has 0 saturated carbocycles. The highest BCUT2D eigenvalue weighted by atomic mass is 19.1. The molecular formula is C46H56FN9O6. The first-order valence-corrected chi connectivity index (χ1v) is 22.4. The molecule has 4 aromatic rings. The molecule has 328 valence electrons. The first-order valence-electron chi connectivity index (χ1n) is 22.4. The number of esters is 1. The highest BCUT2D eigenvalue weighted by Gasteiger charge is 2.46. The summed E-state index contributed by atoms with van der Waals surface area (Å²) < 4.78 is 22.2. The number of rotatable bonds is 13. The summed E-state index contributed by atoms with van der Waals surface area (Å²) in [5, 5.41) is 23.7. The maximum atomic E-state index is 15.4. The molecule has 1 aliphatic carbocycles. The number of pyridine rings is 2. The second kappa shape index (κ2) is 17.1. The average molecular weight is 850 g/mol. The molecule has 2 fully saturated rings. The number of aryl methyl sites for hydroxylation is 1. The third-order valence-electron chi connectivity index (χ3n) is 14.2. The summed E-state index contributed by atoms with van der Waals surface area (Å²) in [4.78, 5) is 63.7. The number of cyclic esters (lactones) is 1. The number of anilines is 1. The zero-order valence-corrected chi connectivity index (χ0v) is 35.7. The average Bonchev–Trinajstić information content (AvgIpc) is 3.65. The number of benzene rings is 1. The molecule has 4 N–H and O–H groups in total. The summed E-state index contributed by atoms with van der Waals surface area (Å²) in [5.41, 5.74) is 8.10. The van der Waals surface area contributed by atoms with Crippen molar-refractivity contribution in [3.05, 3.63) is 79.5 Å². The maximum absolute atomic E-state index is 15.4. The Morgan fingerprint density at radius 2 is 1.73 bits per heavy atom. The minimum absolute atomic E-state index is 0.0299. The first-order chi connectivity index (χ1) is 29.9. The van der Waals surface area contributed by atoms with Crippen molar-refractivity contribution in [2.45, 2.75) is 103 Å². The number of amides is 2. The monoisotopic (exact) mass is 849 g/mol. The van der Waals surface area contributed by atoms with Gasteiger partial charge in [-0.15, -0.1) is 10.2 Å². The van der Waals surface area contributed by atoms with E-state index in [-0.39, 0.29) is 66.3 Å². The number of nitrogens with two attached hydrogens (primary N) is 1. The Labute approximate surface area is 359 Å². The van der Waals surface area contributed by atoms with Crippen molar-refractivity contribution >= 4 is 34.5 Å². The van der Waals surface area contributed by atoms with E-state index in [1.54, 1.807) is 30.5 Å². The number of carbonyl (C=O) groups excluding carboxylic acids is 3. The lowest BCUT2D eigenvalue weighted by atomic mass is 9.81. The van der Waals surface area contributed by atoms with Crippen molar-refractivity contribution in [1.82, 2.24) is 34.9 Å². The van der Waals surface area contributed by atoms with Gasteiger partial charge in [-0.25, -0.2) is 14.2 Å². The van der Waals surface area contributed by atoms with E-state index in [9.17, 15) is 24.3 Å². The fourth-order valence-corrected chi connectivity index (χ4v) is 10.5. The molecule has 2 atom stereocenters. The van der Waals surface area contributed by atoms with Crippen LogP contribution in [0.25, 0.3) is 22.3 Å². The summed E-state index contributed by atoms with van der Waals surface area (Å²) in [6.45, 7) is 10.1. The number of nitrogens with zero attached hydrogens (tertiary/aromatic N) is 7. The van der Waals surface area contributed by atoms with Crippen molar-refractivity contribution in [3.63, 3.8) is 0 Å². The van der Waals surface area contributed by atoms with Gasteiger partial charge < -0.3 is 35.3 Å². The van der Waals surface area contributed by atoms with Gasteiger partial charge in [-0.3, -0.25) is 19.3 Å². The lowest BCUT2D eigenvalue weighted by Crippen LogP contribution is -2.50. The van der Waals surface area contributed by atoms with Gasteiger partial charge in [-0.1, -0.05) is 32.6 Å². The number of unbranched alkanes of at least 4 members (excludes halogenated alkanes) is 3. The van der Waals surface area contributed by atoms with Crippen molar-refractivity contribution in [1.29, 1.82) is 0 Å². The molecular weight excluding hydrogens is 794 g/mol. The minimum Gasteiger partial charge on any atom is -0.458 e. The van der Waals surface area contributed by atoms with Crippen LogP contribution in [-0.2, 0) is 39.5 Å². The first kappa shape index (κ1) is 42.0. The van der Waals surface area contributed by atoms with Gasteiger partial charge in [-0.2, -0.15) is 0 Å². The van der Waals surface area contributed by atoms with Crippen molar-refractivity contribution in [3.8, 4) is 11.4 Å². The van der Waals surface area contributed by atoms with Gasteiger partial charge in [-0.05, 0) is 92.8 Å². The Morgan fingerprint density at radius 1 is 0.968 bits per heavy atom. The largest absolute Gasteiger partial charge is 0.458 e. The minimum atomic E-state index is -1.96. The van der Waals surface area contributed by atoms with E-state index in [1.165, 1.54) is 38.2 Å². The molecule has 1 aromatic carbocycles. The van der Waals surface area contributed by atoms with E-state index in [0.717, 1.165) is 92.5 Å². The predicted molar refractivity (Wildman–Crippen MR) is 230 cm³/mol. The fourth-order valence-electron chi connectivity index (χ4n) is 10.5. The molecule has 4 aliphatic heterocycles. The number of aliphatic hydroxyl groups is 1. The van der Waals surface area contributed by atoms with Gasteiger partial charge in [0.1, 0.15) is 12.4 Å². The summed E-state index contributed by atoms with van der Waals surface area (Å²) >= 11 is 0. The summed E-state index contributed by atoms with van der Waals surface area (Å²) in [6, 6.07) is 6.20. The Kier molecular flexibility index (Phi) is 11.6. The van der Waals surface area contributed by atoms with Crippen molar-refractivity contribution < 1.29 is 28.6 Å². The van der Waals surface area contributed by atoms with Gasteiger partial charge in [0.05, 0.1) is 41.6 Å². The lowest BCUT2D eigenvalue weighted by molar-refractivity contribution is -0.172. The molecule has 2 amide bonds.